The highest BCUT2D eigenvalue weighted by atomic mass is 14.6. The molecule has 84 valence electrons. The molecule has 0 aliphatic rings. The molecule has 1 aromatic rings. The Bertz CT molecular complexity index is 251. The van der Waals surface area contributed by atoms with Gasteiger partial charge in [-0.25, -0.2) is 0 Å². The molecular formula is C14H23N. The van der Waals surface area contributed by atoms with Crippen LogP contribution in [0.4, 0.5) is 0 Å². The van der Waals surface area contributed by atoms with Crippen molar-refractivity contribution in [3.05, 3.63) is 35.9 Å². The first-order chi connectivity index (χ1) is 7.27. The Morgan fingerprint density at radius 3 is 2.13 bits per heavy atom. The molecule has 1 rings (SSSR count). The maximum absolute atomic E-state index is 6.15. The quantitative estimate of drug-likeness (QED) is 0.749. The van der Waals surface area contributed by atoms with Crippen LogP contribution in [0, 0.1) is 5.92 Å². The van der Waals surface area contributed by atoms with Gasteiger partial charge in [-0.05, 0) is 24.3 Å². The maximum Gasteiger partial charge on any atom is 0.0294 e. The number of benzene rings is 1. The SMILES string of the molecule is CCC(CC)CCC(N)c1ccccc1. The van der Waals surface area contributed by atoms with E-state index >= 15 is 0 Å². The lowest BCUT2D eigenvalue weighted by Crippen LogP contribution is -2.12. The number of rotatable bonds is 6. The summed E-state index contributed by atoms with van der Waals surface area (Å²) in [6.45, 7) is 4.53. The van der Waals surface area contributed by atoms with Gasteiger partial charge in [-0.2, -0.15) is 0 Å². The minimum atomic E-state index is 0.215. The molecule has 15 heavy (non-hydrogen) atoms. The van der Waals surface area contributed by atoms with Crippen molar-refractivity contribution in [2.75, 3.05) is 0 Å². The molecule has 1 nitrogen and oxygen atoms in total. The second-order valence-corrected chi connectivity index (χ2v) is 4.28. The smallest absolute Gasteiger partial charge is 0.0294 e. The van der Waals surface area contributed by atoms with Gasteiger partial charge in [-0.3, -0.25) is 0 Å². The van der Waals surface area contributed by atoms with E-state index in [4.69, 9.17) is 5.73 Å². The topological polar surface area (TPSA) is 26.0 Å². The van der Waals surface area contributed by atoms with E-state index in [-0.39, 0.29) is 6.04 Å². The Hall–Kier alpha value is -0.820. The molecule has 0 aliphatic carbocycles. The summed E-state index contributed by atoms with van der Waals surface area (Å²) in [5.74, 6) is 0.847. The van der Waals surface area contributed by atoms with Crippen LogP contribution in [-0.2, 0) is 0 Å². The average molecular weight is 205 g/mol. The molecule has 1 unspecified atom stereocenters. The highest BCUT2D eigenvalue weighted by Gasteiger charge is 2.09. The fraction of sp³-hybridized carbons (Fsp3) is 0.571. The summed E-state index contributed by atoms with van der Waals surface area (Å²) in [6, 6.07) is 10.6. The van der Waals surface area contributed by atoms with Gasteiger partial charge in [0.1, 0.15) is 0 Å². The lowest BCUT2D eigenvalue weighted by Gasteiger charge is -2.16. The van der Waals surface area contributed by atoms with Gasteiger partial charge in [-0.1, -0.05) is 57.0 Å². The molecule has 0 heterocycles. The molecule has 0 aromatic heterocycles. The molecular weight excluding hydrogens is 182 g/mol. The van der Waals surface area contributed by atoms with Crippen molar-refractivity contribution >= 4 is 0 Å². The molecule has 1 aromatic carbocycles. The van der Waals surface area contributed by atoms with Crippen LogP contribution in [0.3, 0.4) is 0 Å². The largest absolute Gasteiger partial charge is 0.324 e. The van der Waals surface area contributed by atoms with Gasteiger partial charge in [0.25, 0.3) is 0 Å². The van der Waals surface area contributed by atoms with Crippen LogP contribution >= 0.6 is 0 Å². The van der Waals surface area contributed by atoms with E-state index < -0.39 is 0 Å². The Labute approximate surface area is 93.7 Å². The summed E-state index contributed by atoms with van der Waals surface area (Å²) in [7, 11) is 0. The van der Waals surface area contributed by atoms with Gasteiger partial charge < -0.3 is 5.73 Å². The molecule has 0 radical (unpaired) electrons. The third kappa shape index (κ3) is 4.05. The zero-order valence-corrected chi connectivity index (χ0v) is 9.95. The Kier molecular flexibility index (Phi) is 5.41. The first kappa shape index (κ1) is 12.3. The highest BCUT2D eigenvalue weighted by molar-refractivity contribution is 5.18. The molecule has 1 atom stereocenters. The van der Waals surface area contributed by atoms with Gasteiger partial charge in [0.05, 0.1) is 0 Å². The van der Waals surface area contributed by atoms with Crippen molar-refractivity contribution in [3.8, 4) is 0 Å². The average Bonchev–Trinajstić information content (AvgIpc) is 2.31. The van der Waals surface area contributed by atoms with E-state index in [2.05, 4.69) is 38.1 Å². The fourth-order valence-electron chi connectivity index (χ4n) is 1.98. The zero-order valence-electron chi connectivity index (χ0n) is 9.95. The lowest BCUT2D eigenvalue weighted by atomic mass is 9.93. The van der Waals surface area contributed by atoms with Crippen molar-refractivity contribution < 1.29 is 0 Å². The monoisotopic (exact) mass is 205 g/mol. The van der Waals surface area contributed by atoms with Crippen LogP contribution in [0.5, 0.6) is 0 Å². The molecule has 0 aliphatic heterocycles. The van der Waals surface area contributed by atoms with Crippen LogP contribution in [0.25, 0.3) is 0 Å². The number of hydrogen-bond acceptors (Lipinski definition) is 1. The zero-order chi connectivity index (χ0) is 11.1. The van der Waals surface area contributed by atoms with Crippen LogP contribution in [0.1, 0.15) is 51.1 Å². The summed E-state index contributed by atoms with van der Waals surface area (Å²) in [5, 5.41) is 0. The van der Waals surface area contributed by atoms with Crippen LogP contribution < -0.4 is 5.73 Å². The minimum absolute atomic E-state index is 0.215. The van der Waals surface area contributed by atoms with E-state index in [0.717, 1.165) is 12.3 Å². The predicted octanol–water partition coefficient (Wildman–Crippen LogP) is 3.90. The molecule has 0 spiro atoms. The van der Waals surface area contributed by atoms with Gasteiger partial charge in [0, 0.05) is 6.04 Å². The summed E-state index contributed by atoms with van der Waals surface area (Å²) < 4.78 is 0. The first-order valence-electron chi connectivity index (χ1n) is 6.08. The molecule has 0 bridgehead atoms. The Balaban J connectivity index is 2.39. The van der Waals surface area contributed by atoms with E-state index in [1.165, 1.54) is 24.8 Å². The van der Waals surface area contributed by atoms with Crippen molar-refractivity contribution in [1.82, 2.24) is 0 Å². The minimum Gasteiger partial charge on any atom is -0.324 e. The molecule has 0 saturated heterocycles. The number of nitrogens with two attached hydrogens (primary N) is 1. The normalized spacial score (nSPS) is 13.1. The van der Waals surface area contributed by atoms with Gasteiger partial charge in [0.15, 0.2) is 0 Å². The van der Waals surface area contributed by atoms with Crippen molar-refractivity contribution in [1.29, 1.82) is 0 Å². The molecule has 0 saturated carbocycles. The van der Waals surface area contributed by atoms with E-state index in [9.17, 15) is 0 Å². The van der Waals surface area contributed by atoms with E-state index in [1.54, 1.807) is 0 Å². The van der Waals surface area contributed by atoms with Crippen LogP contribution in [-0.4, -0.2) is 0 Å². The summed E-state index contributed by atoms with van der Waals surface area (Å²) >= 11 is 0. The van der Waals surface area contributed by atoms with Gasteiger partial charge in [0.2, 0.25) is 0 Å². The van der Waals surface area contributed by atoms with Crippen LogP contribution in [0.2, 0.25) is 0 Å². The summed E-state index contributed by atoms with van der Waals surface area (Å²) in [6.07, 6.45) is 4.91. The van der Waals surface area contributed by atoms with Gasteiger partial charge in [-0.15, -0.1) is 0 Å². The number of hydrogen-bond donors (Lipinski definition) is 1. The first-order valence-corrected chi connectivity index (χ1v) is 6.08. The maximum atomic E-state index is 6.15. The fourth-order valence-corrected chi connectivity index (χ4v) is 1.98. The van der Waals surface area contributed by atoms with Crippen molar-refractivity contribution in [3.63, 3.8) is 0 Å². The summed E-state index contributed by atoms with van der Waals surface area (Å²) in [5.41, 5.74) is 7.42. The molecule has 1 heteroatoms. The third-order valence-corrected chi connectivity index (χ3v) is 3.27. The second kappa shape index (κ2) is 6.62. The van der Waals surface area contributed by atoms with Crippen molar-refractivity contribution in [2.45, 2.75) is 45.6 Å². The van der Waals surface area contributed by atoms with Gasteiger partial charge >= 0.3 is 0 Å². The van der Waals surface area contributed by atoms with E-state index in [0.29, 0.717) is 0 Å². The predicted molar refractivity (Wildman–Crippen MR) is 66.7 cm³/mol. The highest BCUT2D eigenvalue weighted by Crippen LogP contribution is 2.21. The second-order valence-electron chi connectivity index (χ2n) is 4.28. The lowest BCUT2D eigenvalue weighted by molar-refractivity contribution is 0.419. The molecule has 0 amide bonds. The summed E-state index contributed by atoms with van der Waals surface area (Å²) in [4.78, 5) is 0. The Morgan fingerprint density at radius 1 is 1.00 bits per heavy atom. The third-order valence-electron chi connectivity index (χ3n) is 3.27. The Morgan fingerprint density at radius 2 is 1.60 bits per heavy atom. The standard InChI is InChI=1S/C14H23N/c1-3-12(4-2)10-11-14(15)13-8-6-5-7-9-13/h5-9,12,14H,3-4,10-11,15H2,1-2H3. The van der Waals surface area contributed by atoms with E-state index in [1.807, 2.05) is 6.07 Å². The molecule has 0 fully saturated rings. The van der Waals surface area contributed by atoms with Crippen LogP contribution in [0.15, 0.2) is 30.3 Å². The van der Waals surface area contributed by atoms with Crippen molar-refractivity contribution in [2.24, 2.45) is 11.7 Å². The molecule has 2 N–H and O–H groups in total.